The van der Waals surface area contributed by atoms with Crippen molar-refractivity contribution in [1.29, 1.82) is 0 Å². The molecule has 2 unspecified atom stereocenters. The Morgan fingerprint density at radius 1 is 1.53 bits per heavy atom. The number of ether oxygens (including phenoxy) is 1. The number of nitrogens with one attached hydrogen (secondary N) is 2. The first-order valence-electron chi connectivity index (χ1n) is 5.86. The highest BCUT2D eigenvalue weighted by atomic mass is 31.1. The largest absolute Gasteiger partial charge is 0.481 e. The molecule has 3 N–H and O–H groups in total. The standard InChI is InChI=1S/C11H17N2O5P/c1-19-5-4-18-6-8(14)13-10-7(12-11(10)17)2-3-9(15)16/h7,10H,1-6H2,(H,12,17)(H,13,14)(H,15,16). The molecule has 106 valence electrons. The minimum atomic E-state index is -0.929. The molecule has 0 radical (unpaired) electrons. The number of aliphatic carboxylic acids is 1. The molecular weight excluding hydrogens is 271 g/mol. The van der Waals surface area contributed by atoms with E-state index in [9.17, 15) is 14.4 Å². The number of carbonyl (C=O) groups excluding carboxylic acids is 2. The molecule has 7 nitrogen and oxygen atoms in total. The number of hydrogen-bond donors (Lipinski definition) is 3. The molecule has 1 rings (SSSR count). The maximum Gasteiger partial charge on any atom is 0.303 e. The Bertz CT molecular complexity index is 374. The average Bonchev–Trinajstić information content (AvgIpc) is 2.36. The van der Waals surface area contributed by atoms with Gasteiger partial charge in [-0.05, 0) is 6.42 Å². The third kappa shape index (κ3) is 5.36. The first-order valence-corrected chi connectivity index (χ1v) is 7.13. The molecule has 1 heterocycles. The van der Waals surface area contributed by atoms with Crippen molar-refractivity contribution in [2.45, 2.75) is 24.9 Å². The van der Waals surface area contributed by atoms with E-state index in [0.717, 1.165) is 14.4 Å². The predicted molar refractivity (Wildman–Crippen MR) is 70.5 cm³/mol. The Kier molecular flexibility index (Phi) is 6.45. The SMILES string of the molecule is C=PCCOCC(=O)NC1C(=O)NC1CCC(=O)O. The predicted octanol–water partition coefficient (Wildman–Crippen LogP) is -0.771. The summed E-state index contributed by atoms with van der Waals surface area (Å²) in [5, 5.41) is 13.6. The molecule has 0 aromatic rings. The molecule has 0 aromatic carbocycles. The number of carboxylic acid groups (broad SMARTS) is 1. The number of rotatable bonds is 9. The van der Waals surface area contributed by atoms with Gasteiger partial charge in [-0.15, -0.1) is 8.20 Å². The van der Waals surface area contributed by atoms with E-state index < -0.39 is 12.0 Å². The number of amides is 2. The zero-order valence-corrected chi connectivity index (χ0v) is 11.3. The summed E-state index contributed by atoms with van der Waals surface area (Å²) in [6.07, 6.45) is 4.62. The first-order chi connectivity index (χ1) is 9.04. The summed E-state index contributed by atoms with van der Waals surface area (Å²) < 4.78 is 5.09. The molecule has 1 fully saturated rings. The van der Waals surface area contributed by atoms with Gasteiger partial charge >= 0.3 is 5.97 Å². The lowest BCUT2D eigenvalue weighted by Gasteiger charge is -2.36. The Morgan fingerprint density at radius 2 is 2.26 bits per heavy atom. The molecular formula is C11H17N2O5P. The third-order valence-electron chi connectivity index (χ3n) is 2.63. The van der Waals surface area contributed by atoms with Crippen LogP contribution in [0.4, 0.5) is 0 Å². The minimum Gasteiger partial charge on any atom is -0.481 e. The Balaban J connectivity index is 2.25. The maximum absolute atomic E-state index is 11.5. The summed E-state index contributed by atoms with van der Waals surface area (Å²) in [6.45, 7) is 0.336. The minimum absolute atomic E-state index is 0.0452. The van der Waals surface area contributed by atoms with Gasteiger partial charge in [0.25, 0.3) is 0 Å². The lowest BCUT2D eigenvalue weighted by atomic mass is 9.94. The summed E-state index contributed by atoms with van der Waals surface area (Å²) in [6, 6.07) is -0.965. The van der Waals surface area contributed by atoms with Gasteiger partial charge in [0.15, 0.2) is 0 Å². The summed E-state index contributed by atoms with van der Waals surface area (Å²) >= 11 is 0. The van der Waals surface area contributed by atoms with Gasteiger partial charge in [0, 0.05) is 12.6 Å². The van der Waals surface area contributed by atoms with Gasteiger partial charge in [-0.2, -0.15) is 0 Å². The van der Waals surface area contributed by atoms with Crippen LogP contribution in [0, 0.1) is 0 Å². The van der Waals surface area contributed by atoms with Gasteiger partial charge in [0.1, 0.15) is 12.6 Å². The molecule has 1 aliphatic rings. The fourth-order valence-corrected chi connectivity index (χ4v) is 1.89. The number of carbonyl (C=O) groups is 3. The third-order valence-corrected chi connectivity index (χ3v) is 3.12. The highest BCUT2D eigenvalue weighted by molar-refractivity contribution is 7.36. The molecule has 2 amide bonds. The van der Waals surface area contributed by atoms with E-state index >= 15 is 0 Å². The number of hydrogen-bond acceptors (Lipinski definition) is 4. The molecule has 0 spiro atoms. The van der Waals surface area contributed by atoms with Crippen LogP contribution >= 0.6 is 8.20 Å². The average molecular weight is 288 g/mol. The highest BCUT2D eigenvalue weighted by Gasteiger charge is 2.39. The molecule has 0 aliphatic carbocycles. The van der Waals surface area contributed by atoms with Crippen molar-refractivity contribution in [1.82, 2.24) is 10.6 Å². The summed E-state index contributed by atoms with van der Waals surface area (Å²) in [7, 11) is 0.949. The van der Waals surface area contributed by atoms with Crippen molar-refractivity contribution in [3.05, 3.63) is 0 Å². The second-order valence-corrected chi connectivity index (χ2v) is 4.99. The van der Waals surface area contributed by atoms with Gasteiger partial charge in [-0.1, -0.05) is 6.30 Å². The van der Waals surface area contributed by atoms with Gasteiger partial charge in [-0.25, -0.2) is 0 Å². The van der Waals surface area contributed by atoms with E-state index in [1.54, 1.807) is 0 Å². The van der Waals surface area contributed by atoms with Crippen LogP contribution in [0.15, 0.2) is 0 Å². The van der Waals surface area contributed by atoms with Crippen LogP contribution in [-0.2, 0) is 19.1 Å². The molecule has 1 aliphatic heterocycles. The highest BCUT2D eigenvalue weighted by Crippen LogP contribution is 2.12. The van der Waals surface area contributed by atoms with Crippen LogP contribution in [0.25, 0.3) is 0 Å². The zero-order chi connectivity index (χ0) is 14.3. The number of carboxylic acids is 1. The zero-order valence-electron chi connectivity index (χ0n) is 10.4. The van der Waals surface area contributed by atoms with Gasteiger partial charge in [0.2, 0.25) is 11.8 Å². The van der Waals surface area contributed by atoms with Crippen molar-refractivity contribution >= 4 is 32.3 Å². The number of β-lactam (4-membered cyclic amide) rings is 1. The van der Waals surface area contributed by atoms with Gasteiger partial charge in [0.05, 0.1) is 12.6 Å². The molecule has 2 atom stereocenters. The summed E-state index contributed by atoms with van der Waals surface area (Å²) in [5.74, 6) is -1.59. The normalized spacial score (nSPS) is 21.6. The molecule has 0 aromatic heterocycles. The van der Waals surface area contributed by atoms with Crippen molar-refractivity contribution in [3.8, 4) is 0 Å². The Labute approximate surface area is 112 Å². The van der Waals surface area contributed by atoms with E-state index in [4.69, 9.17) is 9.84 Å². The second kappa shape index (κ2) is 7.86. The van der Waals surface area contributed by atoms with Crippen molar-refractivity contribution in [3.63, 3.8) is 0 Å². The fraction of sp³-hybridized carbons (Fsp3) is 0.636. The van der Waals surface area contributed by atoms with Gasteiger partial charge < -0.3 is 20.5 Å². The maximum atomic E-state index is 11.5. The fourth-order valence-electron chi connectivity index (χ4n) is 1.64. The van der Waals surface area contributed by atoms with E-state index in [1.807, 2.05) is 0 Å². The quantitative estimate of drug-likeness (QED) is 0.293. The van der Waals surface area contributed by atoms with Crippen LogP contribution < -0.4 is 10.6 Å². The van der Waals surface area contributed by atoms with Crippen molar-refractivity contribution in [2.75, 3.05) is 19.4 Å². The topological polar surface area (TPSA) is 105 Å². The van der Waals surface area contributed by atoms with Crippen molar-refractivity contribution in [2.24, 2.45) is 0 Å². The van der Waals surface area contributed by atoms with Gasteiger partial charge in [-0.3, -0.25) is 14.4 Å². The van der Waals surface area contributed by atoms with E-state index in [0.29, 0.717) is 13.0 Å². The summed E-state index contributed by atoms with van der Waals surface area (Å²) in [5.41, 5.74) is 0. The van der Waals surface area contributed by atoms with Crippen molar-refractivity contribution < 1.29 is 24.2 Å². The van der Waals surface area contributed by atoms with Crippen LogP contribution in [0.2, 0.25) is 0 Å². The van der Waals surface area contributed by atoms with Crippen LogP contribution in [0.1, 0.15) is 12.8 Å². The lowest BCUT2D eigenvalue weighted by molar-refractivity contribution is -0.140. The molecule has 8 heteroatoms. The van der Waals surface area contributed by atoms with Crippen LogP contribution in [-0.4, -0.2) is 60.6 Å². The molecule has 1 saturated heterocycles. The smallest absolute Gasteiger partial charge is 0.303 e. The Hall–Kier alpha value is -1.46. The van der Waals surface area contributed by atoms with Crippen LogP contribution in [0.5, 0.6) is 0 Å². The molecule has 19 heavy (non-hydrogen) atoms. The van der Waals surface area contributed by atoms with E-state index in [2.05, 4.69) is 16.9 Å². The summed E-state index contributed by atoms with van der Waals surface area (Å²) in [4.78, 5) is 33.2. The Morgan fingerprint density at radius 3 is 2.84 bits per heavy atom. The lowest BCUT2D eigenvalue weighted by Crippen LogP contribution is -2.69. The van der Waals surface area contributed by atoms with E-state index in [-0.39, 0.29) is 30.9 Å². The second-order valence-electron chi connectivity index (χ2n) is 4.09. The monoisotopic (exact) mass is 288 g/mol. The first kappa shape index (κ1) is 15.6. The molecule has 0 saturated carbocycles. The van der Waals surface area contributed by atoms with Crippen LogP contribution in [0.3, 0.4) is 0 Å². The van der Waals surface area contributed by atoms with E-state index in [1.165, 1.54) is 0 Å². The molecule has 0 bridgehead atoms.